The molecule has 31 heavy (non-hydrogen) atoms. The van der Waals surface area contributed by atoms with Crippen molar-refractivity contribution in [3.05, 3.63) is 73.5 Å². The van der Waals surface area contributed by atoms with Gasteiger partial charge in [-0.1, -0.05) is 38.5 Å². The third-order valence-corrected chi connectivity index (χ3v) is 8.42. The molecule has 2 fully saturated rings. The number of aromatic nitrogens is 2. The number of hydrogen-bond donors (Lipinski definition) is 0. The maximum absolute atomic E-state index is 5.74. The molecule has 2 saturated heterocycles. The van der Waals surface area contributed by atoms with E-state index in [0.29, 0.717) is 0 Å². The second-order valence-electron chi connectivity index (χ2n) is 9.66. The van der Waals surface area contributed by atoms with E-state index in [9.17, 15) is 0 Å². The molecule has 0 N–H and O–H groups in total. The molecule has 4 aromatic heterocycles. The van der Waals surface area contributed by atoms with Crippen LogP contribution in [0.1, 0.15) is 38.5 Å². The van der Waals surface area contributed by atoms with E-state index in [-0.39, 0.29) is 0 Å². The number of hydrogen-bond acceptors (Lipinski definition) is 2. The minimum Gasteiger partial charge on any atom is -0.464 e. The van der Waals surface area contributed by atoms with Crippen molar-refractivity contribution in [2.24, 2.45) is 0 Å². The van der Waals surface area contributed by atoms with Crippen molar-refractivity contribution < 1.29 is 17.8 Å². The quantitative estimate of drug-likeness (QED) is 0.398. The Hall–Kier alpha value is -3.08. The lowest BCUT2D eigenvalue weighted by atomic mass is 9.24. The van der Waals surface area contributed by atoms with Crippen LogP contribution in [0, 0.1) is 0 Å². The summed E-state index contributed by atoms with van der Waals surface area (Å²) >= 11 is 0. The van der Waals surface area contributed by atoms with Crippen LogP contribution in [0.2, 0.25) is 11.6 Å². The van der Waals surface area contributed by atoms with E-state index in [1.165, 1.54) is 49.9 Å². The van der Waals surface area contributed by atoms with Crippen molar-refractivity contribution in [1.29, 1.82) is 0 Å². The van der Waals surface area contributed by atoms with Crippen LogP contribution < -0.4 is 8.96 Å². The van der Waals surface area contributed by atoms with E-state index < -0.39 is 6.42 Å². The summed E-state index contributed by atoms with van der Waals surface area (Å²) in [5.74, 6) is 3.33. The zero-order chi connectivity index (χ0) is 20.4. The average molecular weight is 409 g/mol. The van der Waals surface area contributed by atoms with Crippen molar-refractivity contribution in [2.75, 3.05) is 0 Å². The molecule has 0 amide bonds. The van der Waals surface area contributed by atoms with Gasteiger partial charge >= 0.3 is 6.42 Å². The van der Waals surface area contributed by atoms with Gasteiger partial charge in [0.15, 0.2) is 0 Å². The lowest BCUT2D eigenvalue weighted by Crippen LogP contribution is -2.83. The minimum absolute atomic E-state index is 0.742. The van der Waals surface area contributed by atoms with Gasteiger partial charge in [0.2, 0.25) is 11.4 Å². The highest BCUT2D eigenvalue weighted by Gasteiger charge is 2.68. The maximum atomic E-state index is 5.74. The molecule has 154 valence electrons. The molecule has 0 aliphatic carbocycles. The number of fused-ring (bicyclic) bond motifs is 3. The van der Waals surface area contributed by atoms with E-state index in [0.717, 1.165) is 34.3 Å². The van der Waals surface area contributed by atoms with Gasteiger partial charge in [-0.2, -0.15) is 0 Å². The van der Waals surface area contributed by atoms with Crippen LogP contribution in [-0.2, 0) is 0 Å². The number of furan rings is 2. The zero-order valence-corrected chi connectivity index (χ0v) is 17.6. The molecule has 4 aromatic rings. The second-order valence-corrected chi connectivity index (χ2v) is 9.66. The van der Waals surface area contributed by atoms with Gasteiger partial charge in [-0.15, -0.1) is 0 Å². The fraction of sp³-hybridized carbons (Fsp3) is 0.308. The van der Waals surface area contributed by atoms with Crippen molar-refractivity contribution >= 4 is 6.42 Å². The van der Waals surface area contributed by atoms with Gasteiger partial charge in [-0.05, 0) is 35.9 Å². The van der Waals surface area contributed by atoms with E-state index in [1.54, 1.807) is 12.5 Å². The molecular weight excluding hydrogens is 383 g/mol. The third kappa shape index (κ3) is 2.32. The van der Waals surface area contributed by atoms with Crippen LogP contribution >= 0.6 is 0 Å². The molecule has 4 nitrogen and oxygen atoms in total. The second kappa shape index (κ2) is 6.46. The summed E-state index contributed by atoms with van der Waals surface area (Å²) in [7, 11) is 0. The molecule has 0 unspecified atom stereocenters. The Bertz CT molecular complexity index is 1160. The zero-order valence-electron chi connectivity index (χ0n) is 17.6. The molecule has 2 bridgehead atoms. The first-order valence-electron chi connectivity index (χ1n) is 11.7. The Labute approximate surface area is 182 Å². The summed E-state index contributed by atoms with van der Waals surface area (Å²) in [5.41, 5.74) is 4.89. The number of rotatable bonds is 2. The average Bonchev–Trinajstić information content (AvgIpc) is 3.55. The molecule has 3 aliphatic rings. The van der Waals surface area contributed by atoms with Crippen LogP contribution in [0.5, 0.6) is 0 Å². The molecule has 5 heteroatoms. The van der Waals surface area contributed by atoms with Crippen molar-refractivity contribution in [2.45, 2.75) is 50.2 Å². The van der Waals surface area contributed by atoms with E-state index in [4.69, 9.17) is 8.83 Å². The SMILES string of the molecule is c1coc(-c2cc[n+]3c(c2)-c2cc(-c4ccco4)cc[n+]2[B-]32C3CCCC2CCC3)c1. The van der Waals surface area contributed by atoms with Crippen molar-refractivity contribution in [3.8, 4) is 34.0 Å². The largest absolute Gasteiger partial charge is 0.553 e. The number of nitrogens with zero attached hydrogens (tertiary/aromatic N) is 2. The van der Waals surface area contributed by atoms with Gasteiger partial charge in [-0.25, -0.2) is 0 Å². The Balaban J connectivity index is 1.51. The Morgan fingerprint density at radius 3 is 1.58 bits per heavy atom. The maximum Gasteiger partial charge on any atom is 0.553 e. The van der Waals surface area contributed by atoms with Crippen LogP contribution in [-0.4, -0.2) is 6.42 Å². The Morgan fingerprint density at radius 2 is 1.16 bits per heavy atom. The first kappa shape index (κ1) is 17.6. The molecule has 1 spiro atoms. The molecule has 0 aromatic carbocycles. The van der Waals surface area contributed by atoms with Crippen LogP contribution in [0.15, 0.2) is 82.3 Å². The van der Waals surface area contributed by atoms with Crippen LogP contribution in [0.4, 0.5) is 0 Å². The predicted octanol–water partition coefficient (Wildman–Crippen LogP) is 5.71. The summed E-state index contributed by atoms with van der Waals surface area (Å²) < 4.78 is 16.8. The van der Waals surface area contributed by atoms with Gasteiger partial charge in [0.25, 0.3) is 0 Å². The van der Waals surface area contributed by atoms with Crippen LogP contribution in [0.25, 0.3) is 34.0 Å². The van der Waals surface area contributed by atoms with Crippen molar-refractivity contribution in [3.63, 3.8) is 0 Å². The Kier molecular flexibility index (Phi) is 3.67. The fourth-order valence-corrected chi connectivity index (χ4v) is 7.33. The lowest BCUT2D eigenvalue weighted by Gasteiger charge is -2.45. The standard InChI is InChI=1S/C26H26BN2O2/c1-5-21-7-2-8-22(6-1)27(21)28-13-11-19(25-9-3-15-30-25)17-23(28)24-18-20(12-14-29(24)27)26-10-4-16-31-26/h3-4,9-18,21-22H,1-2,5-8H2/q+1. The van der Waals surface area contributed by atoms with Gasteiger partial charge in [0.05, 0.1) is 12.5 Å². The van der Waals surface area contributed by atoms with E-state index >= 15 is 0 Å². The van der Waals surface area contributed by atoms with Gasteiger partial charge < -0.3 is 17.8 Å². The predicted molar refractivity (Wildman–Crippen MR) is 119 cm³/mol. The monoisotopic (exact) mass is 409 g/mol. The normalized spacial score (nSPS) is 23.0. The van der Waals surface area contributed by atoms with E-state index in [2.05, 4.69) is 45.6 Å². The van der Waals surface area contributed by atoms with Gasteiger partial charge in [0.1, 0.15) is 23.9 Å². The summed E-state index contributed by atoms with van der Waals surface area (Å²) in [6, 6.07) is 17.2. The highest BCUT2D eigenvalue weighted by Crippen LogP contribution is 2.52. The molecule has 3 aliphatic heterocycles. The summed E-state index contributed by atoms with van der Waals surface area (Å²) in [6.45, 7) is 0. The van der Waals surface area contributed by atoms with E-state index in [1.807, 2.05) is 24.3 Å². The topological polar surface area (TPSA) is 34.0 Å². The summed E-state index contributed by atoms with van der Waals surface area (Å²) in [6.07, 6.45) is 15.5. The molecule has 7 rings (SSSR count). The third-order valence-electron chi connectivity index (χ3n) is 8.42. The molecular formula is C26H26BN2O2+. The van der Waals surface area contributed by atoms with Gasteiger partial charge in [-0.3, -0.25) is 0 Å². The summed E-state index contributed by atoms with van der Waals surface area (Å²) in [4.78, 5) is 0. The molecule has 0 saturated carbocycles. The highest BCUT2D eigenvalue weighted by atomic mass is 16.3. The fourth-order valence-electron chi connectivity index (χ4n) is 7.33. The van der Waals surface area contributed by atoms with Gasteiger partial charge in [0, 0.05) is 35.4 Å². The first-order chi connectivity index (χ1) is 15.4. The molecule has 0 atom stereocenters. The summed E-state index contributed by atoms with van der Waals surface area (Å²) in [5, 5.41) is 0. The lowest BCUT2D eigenvalue weighted by molar-refractivity contribution is -0.653. The minimum atomic E-state index is -0.867. The smallest absolute Gasteiger partial charge is 0.464 e. The van der Waals surface area contributed by atoms with Crippen LogP contribution in [0.3, 0.4) is 0 Å². The first-order valence-corrected chi connectivity index (χ1v) is 11.7. The highest BCUT2D eigenvalue weighted by molar-refractivity contribution is 6.67. The molecule has 7 heterocycles. The number of pyridine rings is 2. The van der Waals surface area contributed by atoms with Crippen molar-refractivity contribution in [1.82, 2.24) is 0 Å². The molecule has 0 radical (unpaired) electrons. The Morgan fingerprint density at radius 1 is 0.677 bits per heavy atom.